The fourth-order valence-electron chi connectivity index (χ4n) is 3.91. The highest BCUT2D eigenvalue weighted by Gasteiger charge is 2.27. The molecular weight excluding hydrogens is 532 g/mol. The van der Waals surface area contributed by atoms with Crippen molar-refractivity contribution in [2.75, 3.05) is 25.0 Å². The van der Waals surface area contributed by atoms with Crippen LogP contribution in [0.2, 0.25) is 0 Å². The largest absolute Gasteiger partial charge is 0.392 e. The maximum atomic E-state index is 12.8. The fourth-order valence-corrected chi connectivity index (χ4v) is 3.91. The molecule has 1 aliphatic heterocycles. The van der Waals surface area contributed by atoms with Crippen molar-refractivity contribution >= 4 is 41.3 Å². The van der Waals surface area contributed by atoms with E-state index in [0.717, 1.165) is 12.8 Å². The third-order valence-corrected chi connectivity index (χ3v) is 6.32. The van der Waals surface area contributed by atoms with Gasteiger partial charge in [0.15, 0.2) is 0 Å². The van der Waals surface area contributed by atoms with Gasteiger partial charge in [0.1, 0.15) is 12.1 Å². The number of aliphatic hydroxyl groups excluding tert-OH is 1. The maximum absolute atomic E-state index is 12.8. The van der Waals surface area contributed by atoms with Gasteiger partial charge in [-0.2, -0.15) is 0 Å². The number of benzene rings is 1. The predicted molar refractivity (Wildman–Crippen MR) is 151 cm³/mol. The molecule has 0 spiro atoms. The molecule has 1 aromatic carbocycles. The number of rotatable bonds is 15. The van der Waals surface area contributed by atoms with Crippen LogP contribution in [0.5, 0.6) is 0 Å². The highest BCUT2D eigenvalue weighted by molar-refractivity contribution is 6.00. The zero-order chi connectivity index (χ0) is 30.4. The van der Waals surface area contributed by atoms with Crippen LogP contribution in [0.15, 0.2) is 36.4 Å². The molecule has 0 bridgehead atoms. The number of urea groups is 1. The SMILES string of the molecule is CC(C)[C@H](NC(=O)NC(=O)CNC(=O)CCCCCN1CC=CC1=O)C(=O)N[C@@H](C)C(=O)Nc1ccc(CO)cc1. The quantitative estimate of drug-likeness (QED) is 0.166. The lowest BCUT2D eigenvalue weighted by Gasteiger charge is -2.23. The highest BCUT2D eigenvalue weighted by atomic mass is 16.3. The minimum atomic E-state index is -1.04. The van der Waals surface area contributed by atoms with E-state index in [0.29, 0.717) is 30.8 Å². The molecule has 0 aliphatic carbocycles. The second kappa shape index (κ2) is 16.8. The molecule has 1 aliphatic rings. The normalized spacial score (nSPS) is 13.9. The van der Waals surface area contributed by atoms with E-state index < -0.39 is 42.4 Å². The van der Waals surface area contributed by atoms with Gasteiger partial charge >= 0.3 is 6.03 Å². The van der Waals surface area contributed by atoms with Crippen LogP contribution in [0.4, 0.5) is 10.5 Å². The van der Waals surface area contributed by atoms with Gasteiger partial charge in [-0.05, 0) is 43.4 Å². The Kier molecular flexibility index (Phi) is 13.5. The summed E-state index contributed by atoms with van der Waals surface area (Å²) in [6, 6.07) is 3.68. The Morgan fingerprint density at radius 3 is 2.24 bits per heavy atom. The number of amides is 7. The Bertz CT molecular complexity index is 1120. The Balaban J connectivity index is 1.68. The molecule has 1 heterocycles. The highest BCUT2D eigenvalue weighted by Crippen LogP contribution is 2.10. The summed E-state index contributed by atoms with van der Waals surface area (Å²) in [6.07, 6.45) is 5.68. The van der Waals surface area contributed by atoms with Crippen molar-refractivity contribution < 1.29 is 33.9 Å². The van der Waals surface area contributed by atoms with Gasteiger partial charge in [0, 0.05) is 31.3 Å². The Morgan fingerprint density at radius 1 is 0.927 bits per heavy atom. The molecule has 2 atom stereocenters. The van der Waals surface area contributed by atoms with Crippen molar-refractivity contribution in [1.29, 1.82) is 0 Å². The third-order valence-electron chi connectivity index (χ3n) is 6.32. The number of hydrogen-bond donors (Lipinski definition) is 6. The van der Waals surface area contributed by atoms with Crippen molar-refractivity contribution in [1.82, 2.24) is 26.2 Å². The standard InChI is InChI=1S/C28H40N6O7/c1-18(2)25(27(40)30-19(3)26(39)31-21-12-10-20(17-35)11-13-21)33-28(41)32-23(37)16-29-22(36)8-5-4-6-14-34-15-7-9-24(34)38/h7,9-13,18-19,25,35H,4-6,8,14-17H2,1-3H3,(H,29,36)(H,30,40)(H,31,39)(H2,32,33,37,41)/t19-,25-/m0/s1. The summed E-state index contributed by atoms with van der Waals surface area (Å²) in [5.74, 6) is -2.55. The lowest BCUT2D eigenvalue weighted by atomic mass is 10.0. The number of imide groups is 1. The van der Waals surface area contributed by atoms with Crippen LogP contribution in [0.3, 0.4) is 0 Å². The van der Waals surface area contributed by atoms with Crippen LogP contribution in [0, 0.1) is 5.92 Å². The summed E-state index contributed by atoms with van der Waals surface area (Å²) in [7, 11) is 0. The molecule has 0 unspecified atom stereocenters. The number of aliphatic hydroxyl groups is 1. The molecule has 6 N–H and O–H groups in total. The molecule has 0 radical (unpaired) electrons. The summed E-state index contributed by atoms with van der Waals surface area (Å²) < 4.78 is 0. The van der Waals surface area contributed by atoms with Crippen molar-refractivity contribution in [2.45, 2.75) is 65.1 Å². The second-order valence-corrected chi connectivity index (χ2v) is 10.1. The average Bonchev–Trinajstić information content (AvgIpc) is 3.34. The molecule has 0 saturated carbocycles. The molecule has 2 rings (SSSR count). The number of carbonyl (C=O) groups is 6. The average molecular weight is 573 g/mol. The van der Waals surface area contributed by atoms with Gasteiger partial charge in [-0.15, -0.1) is 0 Å². The van der Waals surface area contributed by atoms with Gasteiger partial charge in [0.25, 0.3) is 0 Å². The number of nitrogens with zero attached hydrogens (tertiary/aromatic N) is 1. The third kappa shape index (κ3) is 11.8. The number of anilines is 1. The number of carbonyl (C=O) groups excluding carboxylic acids is 6. The van der Waals surface area contributed by atoms with E-state index in [1.54, 1.807) is 49.1 Å². The predicted octanol–water partition coefficient (Wildman–Crippen LogP) is 0.548. The lowest BCUT2D eigenvalue weighted by Crippen LogP contribution is -2.56. The van der Waals surface area contributed by atoms with E-state index in [2.05, 4.69) is 26.6 Å². The van der Waals surface area contributed by atoms with Crippen LogP contribution in [0.25, 0.3) is 0 Å². The fraction of sp³-hybridized carbons (Fsp3) is 0.500. The van der Waals surface area contributed by atoms with Crippen molar-refractivity contribution in [2.24, 2.45) is 5.92 Å². The van der Waals surface area contributed by atoms with E-state index in [1.807, 2.05) is 6.08 Å². The van der Waals surface area contributed by atoms with Gasteiger partial charge < -0.3 is 31.3 Å². The molecule has 1 aromatic rings. The first-order chi connectivity index (χ1) is 19.5. The van der Waals surface area contributed by atoms with E-state index in [4.69, 9.17) is 5.11 Å². The van der Waals surface area contributed by atoms with Gasteiger partial charge in [0.05, 0.1) is 13.2 Å². The summed E-state index contributed by atoms with van der Waals surface area (Å²) in [5, 5.41) is 21.3. The van der Waals surface area contributed by atoms with Gasteiger partial charge in [-0.25, -0.2) is 4.79 Å². The Hall–Kier alpha value is -4.26. The Morgan fingerprint density at radius 2 is 1.63 bits per heavy atom. The number of hydrogen-bond acceptors (Lipinski definition) is 7. The minimum absolute atomic E-state index is 0.00192. The molecule has 0 saturated heterocycles. The van der Waals surface area contributed by atoms with Crippen LogP contribution in [-0.4, -0.2) is 77.3 Å². The summed E-state index contributed by atoms with van der Waals surface area (Å²) in [5.41, 5.74) is 1.18. The molecule has 13 nitrogen and oxygen atoms in total. The number of nitrogens with one attached hydrogen (secondary N) is 5. The smallest absolute Gasteiger partial charge is 0.322 e. The second-order valence-electron chi connectivity index (χ2n) is 10.1. The van der Waals surface area contributed by atoms with E-state index in [-0.39, 0.29) is 30.8 Å². The maximum Gasteiger partial charge on any atom is 0.322 e. The van der Waals surface area contributed by atoms with Crippen molar-refractivity contribution in [3.8, 4) is 0 Å². The molecule has 0 fully saturated rings. The molecule has 0 aromatic heterocycles. The number of unbranched alkanes of at least 4 members (excludes halogenated alkanes) is 2. The molecule has 7 amide bonds. The Labute approximate surface area is 239 Å². The van der Waals surface area contributed by atoms with E-state index >= 15 is 0 Å². The van der Waals surface area contributed by atoms with Crippen LogP contribution < -0.4 is 26.6 Å². The zero-order valence-corrected chi connectivity index (χ0v) is 23.7. The zero-order valence-electron chi connectivity index (χ0n) is 23.7. The van der Waals surface area contributed by atoms with E-state index in [1.165, 1.54) is 6.92 Å². The monoisotopic (exact) mass is 572 g/mol. The molecular formula is C28H40N6O7. The summed E-state index contributed by atoms with van der Waals surface area (Å²) in [6.45, 7) is 5.60. The van der Waals surface area contributed by atoms with Crippen LogP contribution in [0.1, 0.15) is 52.0 Å². The van der Waals surface area contributed by atoms with Gasteiger partial charge in [0.2, 0.25) is 29.5 Å². The van der Waals surface area contributed by atoms with Crippen molar-refractivity contribution in [3.05, 3.63) is 42.0 Å². The first-order valence-electron chi connectivity index (χ1n) is 13.6. The molecule has 13 heteroatoms. The van der Waals surface area contributed by atoms with E-state index in [9.17, 15) is 28.8 Å². The minimum Gasteiger partial charge on any atom is -0.392 e. The molecule has 41 heavy (non-hydrogen) atoms. The van der Waals surface area contributed by atoms with Crippen LogP contribution in [-0.2, 0) is 30.6 Å². The topological polar surface area (TPSA) is 186 Å². The van der Waals surface area contributed by atoms with Crippen LogP contribution >= 0.6 is 0 Å². The first-order valence-corrected chi connectivity index (χ1v) is 13.6. The lowest BCUT2D eigenvalue weighted by molar-refractivity contribution is -0.128. The first kappa shape index (κ1) is 32.9. The summed E-state index contributed by atoms with van der Waals surface area (Å²) in [4.78, 5) is 75.0. The molecule has 224 valence electrons. The van der Waals surface area contributed by atoms with Crippen molar-refractivity contribution in [3.63, 3.8) is 0 Å². The van der Waals surface area contributed by atoms with Gasteiger partial charge in [-0.3, -0.25) is 29.3 Å². The summed E-state index contributed by atoms with van der Waals surface area (Å²) >= 11 is 0. The van der Waals surface area contributed by atoms with Gasteiger partial charge in [-0.1, -0.05) is 38.5 Å².